The van der Waals surface area contributed by atoms with Crippen molar-refractivity contribution in [1.82, 2.24) is 9.62 Å². The van der Waals surface area contributed by atoms with Crippen molar-refractivity contribution in [1.29, 1.82) is 0 Å². The number of carbonyl (C=O) groups is 1. The van der Waals surface area contributed by atoms with Gasteiger partial charge in [-0.15, -0.1) is 0 Å². The van der Waals surface area contributed by atoms with Crippen LogP contribution in [0.3, 0.4) is 0 Å². The maximum Gasteiger partial charge on any atom is 0.223 e. The van der Waals surface area contributed by atoms with Crippen molar-refractivity contribution < 1.29 is 22.7 Å². The fourth-order valence-electron chi connectivity index (χ4n) is 3.57. The van der Waals surface area contributed by atoms with E-state index in [-0.39, 0.29) is 23.6 Å². The van der Waals surface area contributed by atoms with Crippen molar-refractivity contribution in [2.75, 3.05) is 26.8 Å². The molecule has 0 aliphatic carbocycles. The molecular formula is C23H29ClN2O5S. The molecule has 2 aromatic carbocycles. The minimum absolute atomic E-state index is 0.0643. The third kappa shape index (κ3) is 6.85. The van der Waals surface area contributed by atoms with Crippen LogP contribution in [-0.2, 0) is 20.6 Å². The molecule has 0 bridgehead atoms. The third-order valence-corrected chi connectivity index (χ3v) is 7.53. The molecule has 1 fully saturated rings. The van der Waals surface area contributed by atoms with Crippen LogP contribution in [-0.4, -0.2) is 51.5 Å². The minimum atomic E-state index is -3.44. The first-order valence-electron chi connectivity index (χ1n) is 10.6. The van der Waals surface area contributed by atoms with Crippen LogP contribution in [0, 0.1) is 5.92 Å². The summed E-state index contributed by atoms with van der Waals surface area (Å²) in [7, 11) is -1.83. The Morgan fingerprint density at radius 2 is 1.69 bits per heavy atom. The van der Waals surface area contributed by atoms with Crippen LogP contribution in [0.1, 0.15) is 25.3 Å². The van der Waals surface area contributed by atoms with E-state index in [1.54, 1.807) is 31.4 Å². The molecule has 0 spiro atoms. The van der Waals surface area contributed by atoms with Gasteiger partial charge in [0.05, 0.1) is 18.9 Å². The quantitative estimate of drug-likeness (QED) is 0.594. The summed E-state index contributed by atoms with van der Waals surface area (Å²) in [6.45, 7) is 2.90. The normalized spacial score (nSPS) is 16.3. The van der Waals surface area contributed by atoms with E-state index in [4.69, 9.17) is 21.1 Å². The van der Waals surface area contributed by atoms with Gasteiger partial charge in [-0.2, -0.15) is 0 Å². The van der Waals surface area contributed by atoms with E-state index in [9.17, 15) is 13.2 Å². The van der Waals surface area contributed by atoms with E-state index in [1.165, 1.54) is 4.31 Å². The number of piperidine rings is 1. The lowest BCUT2D eigenvalue weighted by Crippen LogP contribution is -2.46. The molecule has 7 nitrogen and oxygen atoms in total. The largest absolute Gasteiger partial charge is 0.497 e. The smallest absolute Gasteiger partial charge is 0.223 e. The number of nitrogens with zero attached hydrogens (tertiary/aromatic N) is 1. The molecule has 3 rings (SSSR count). The lowest BCUT2D eigenvalue weighted by atomic mass is 9.97. The van der Waals surface area contributed by atoms with Gasteiger partial charge in [-0.3, -0.25) is 4.79 Å². The highest BCUT2D eigenvalue weighted by atomic mass is 35.5. The van der Waals surface area contributed by atoms with Gasteiger partial charge in [0.25, 0.3) is 0 Å². The Balaban J connectivity index is 1.43. The van der Waals surface area contributed by atoms with Crippen molar-refractivity contribution in [2.45, 2.75) is 31.6 Å². The van der Waals surface area contributed by atoms with E-state index in [2.05, 4.69) is 5.32 Å². The Labute approximate surface area is 194 Å². The second-order valence-electron chi connectivity index (χ2n) is 7.95. The Morgan fingerprint density at radius 3 is 2.28 bits per heavy atom. The first-order chi connectivity index (χ1) is 15.3. The number of rotatable bonds is 9. The van der Waals surface area contributed by atoms with Crippen LogP contribution < -0.4 is 14.8 Å². The van der Waals surface area contributed by atoms with E-state index >= 15 is 0 Å². The third-order valence-electron chi connectivity index (χ3n) is 5.43. The molecule has 1 N–H and O–H groups in total. The fourth-order valence-corrected chi connectivity index (χ4v) is 5.26. The lowest BCUT2D eigenvalue weighted by molar-refractivity contribution is -0.126. The fraction of sp³-hybridized carbons (Fsp3) is 0.435. The molecule has 0 radical (unpaired) electrons. The van der Waals surface area contributed by atoms with Crippen LogP contribution in [0.15, 0.2) is 48.5 Å². The molecule has 0 saturated carbocycles. The first-order valence-corrected chi connectivity index (χ1v) is 12.5. The highest BCUT2D eigenvalue weighted by Crippen LogP contribution is 2.23. The summed E-state index contributed by atoms with van der Waals surface area (Å²) in [6.07, 6.45) is 0.996. The Kier molecular flexibility index (Phi) is 8.39. The van der Waals surface area contributed by atoms with Gasteiger partial charge in [0.2, 0.25) is 15.9 Å². The van der Waals surface area contributed by atoms with Gasteiger partial charge in [-0.1, -0.05) is 23.7 Å². The van der Waals surface area contributed by atoms with Gasteiger partial charge in [-0.25, -0.2) is 12.7 Å². The lowest BCUT2D eigenvalue weighted by Gasteiger charge is -2.31. The number of carbonyl (C=O) groups excluding carboxylic acids is 1. The maximum atomic E-state index is 12.7. The van der Waals surface area contributed by atoms with E-state index in [0.29, 0.717) is 48.9 Å². The van der Waals surface area contributed by atoms with Crippen molar-refractivity contribution in [2.24, 2.45) is 5.92 Å². The molecule has 1 heterocycles. The van der Waals surface area contributed by atoms with Crippen molar-refractivity contribution in [3.63, 3.8) is 0 Å². The number of sulfonamides is 1. The van der Waals surface area contributed by atoms with Gasteiger partial charge in [0.1, 0.15) is 18.1 Å². The van der Waals surface area contributed by atoms with Crippen molar-refractivity contribution in [3.05, 3.63) is 59.1 Å². The summed E-state index contributed by atoms with van der Waals surface area (Å²) in [5.74, 6) is 1.11. The molecule has 0 unspecified atom stereocenters. The molecule has 1 saturated heterocycles. The van der Waals surface area contributed by atoms with Crippen LogP contribution in [0.5, 0.6) is 11.5 Å². The zero-order chi connectivity index (χ0) is 23.1. The molecule has 9 heteroatoms. The summed E-state index contributed by atoms with van der Waals surface area (Å²) in [5.41, 5.74) is 0.694. The van der Waals surface area contributed by atoms with Crippen LogP contribution >= 0.6 is 11.6 Å². The van der Waals surface area contributed by atoms with E-state index in [1.807, 2.05) is 31.2 Å². The number of methoxy groups -OCH3 is 1. The van der Waals surface area contributed by atoms with Gasteiger partial charge < -0.3 is 14.8 Å². The minimum Gasteiger partial charge on any atom is -0.497 e. The maximum absolute atomic E-state index is 12.7. The molecule has 0 aromatic heterocycles. The molecular weight excluding hydrogens is 452 g/mol. The van der Waals surface area contributed by atoms with Gasteiger partial charge in [0.15, 0.2) is 0 Å². The average molecular weight is 481 g/mol. The highest BCUT2D eigenvalue weighted by molar-refractivity contribution is 7.88. The molecule has 32 heavy (non-hydrogen) atoms. The molecule has 1 aliphatic rings. The SMILES string of the molecule is COc1ccc(OC[C@@H](C)NC(=O)C2CCN(S(=O)(=O)Cc3ccc(Cl)cc3)CC2)cc1. The summed E-state index contributed by atoms with van der Waals surface area (Å²) in [5, 5.41) is 3.54. The second kappa shape index (κ2) is 11.0. The van der Waals surface area contributed by atoms with Crippen molar-refractivity contribution in [3.8, 4) is 11.5 Å². The molecule has 2 aromatic rings. The average Bonchev–Trinajstić information content (AvgIpc) is 2.79. The van der Waals surface area contributed by atoms with E-state index in [0.717, 1.165) is 5.75 Å². The van der Waals surface area contributed by atoms with E-state index < -0.39 is 10.0 Å². The summed E-state index contributed by atoms with van der Waals surface area (Å²) in [4.78, 5) is 12.6. The molecule has 1 amide bonds. The standard InChI is InChI=1S/C23H29ClN2O5S/c1-17(15-31-22-9-7-21(30-2)8-10-22)25-23(27)19-11-13-26(14-12-19)32(28,29)16-18-3-5-20(24)6-4-18/h3-10,17,19H,11-16H2,1-2H3,(H,25,27)/t17-/m1/s1. The van der Waals surface area contributed by atoms with Crippen LogP contribution in [0.25, 0.3) is 0 Å². The number of hydrogen-bond acceptors (Lipinski definition) is 5. The number of hydrogen-bond donors (Lipinski definition) is 1. The predicted octanol–water partition coefficient (Wildman–Crippen LogP) is 3.47. The molecule has 1 atom stereocenters. The molecule has 174 valence electrons. The Morgan fingerprint density at radius 1 is 1.09 bits per heavy atom. The Bertz CT molecular complexity index is 988. The number of benzene rings is 2. The summed E-state index contributed by atoms with van der Waals surface area (Å²) >= 11 is 5.87. The van der Waals surface area contributed by atoms with Gasteiger partial charge >= 0.3 is 0 Å². The Hall–Kier alpha value is -2.29. The highest BCUT2D eigenvalue weighted by Gasteiger charge is 2.31. The monoisotopic (exact) mass is 480 g/mol. The van der Waals surface area contributed by atoms with Crippen LogP contribution in [0.2, 0.25) is 5.02 Å². The second-order valence-corrected chi connectivity index (χ2v) is 10.4. The van der Waals surface area contributed by atoms with Gasteiger partial charge in [-0.05, 0) is 61.7 Å². The topological polar surface area (TPSA) is 84.9 Å². The van der Waals surface area contributed by atoms with Crippen molar-refractivity contribution >= 4 is 27.5 Å². The number of halogens is 1. The first kappa shape index (κ1) is 24.4. The van der Waals surface area contributed by atoms with Crippen LogP contribution in [0.4, 0.5) is 0 Å². The zero-order valence-electron chi connectivity index (χ0n) is 18.3. The van der Waals surface area contributed by atoms with Gasteiger partial charge in [0, 0.05) is 24.0 Å². The number of amides is 1. The predicted molar refractivity (Wildman–Crippen MR) is 124 cm³/mol. The summed E-state index contributed by atoms with van der Waals surface area (Å²) < 4.78 is 37.8. The summed E-state index contributed by atoms with van der Waals surface area (Å²) in [6, 6.07) is 13.9. The number of ether oxygens (including phenoxy) is 2. The zero-order valence-corrected chi connectivity index (χ0v) is 19.9. The molecule has 1 aliphatic heterocycles. The number of nitrogens with one attached hydrogen (secondary N) is 1.